The van der Waals surface area contributed by atoms with Gasteiger partial charge in [0, 0.05) is 12.1 Å². The molecule has 9 nitrogen and oxygen atoms in total. The maximum atomic E-state index is 13.0. The first-order chi connectivity index (χ1) is 14.1. The third-order valence-corrected chi connectivity index (χ3v) is 6.25. The second-order valence-corrected chi connectivity index (χ2v) is 8.40. The van der Waals surface area contributed by atoms with E-state index in [0.717, 1.165) is 0 Å². The first kappa shape index (κ1) is 23.9. The van der Waals surface area contributed by atoms with Crippen LogP contribution in [-0.2, 0) is 19.6 Å². The Kier molecular flexibility index (Phi) is 8.02. The van der Waals surface area contributed by atoms with Crippen LogP contribution in [0.4, 0.5) is 5.69 Å². The highest BCUT2D eigenvalue weighted by molar-refractivity contribution is 7.89. The number of nitro benzene ring substituents is 1. The highest BCUT2D eigenvalue weighted by Crippen LogP contribution is 2.38. The van der Waals surface area contributed by atoms with Crippen molar-refractivity contribution in [2.75, 3.05) is 13.7 Å². The number of nitrogens with zero attached hydrogens (tertiary/aromatic N) is 1. The average Bonchev–Trinajstić information content (AvgIpc) is 2.69. The number of sulfonamides is 1. The van der Waals surface area contributed by atoms with Crippen molar-refractivity contribution >= 4 is 44.9 Å². The Hall–Kier alpha value is -2.40. The second kappa shape index (κ2) is 10.1. The summed E-state index contributed by atoms with van der Waals surface area (Å²) in [5.74, 6) is -0.858. The Bertz CT molecular complexity index is 1060. The monoisotopic (exact) mass is 476 g/mol. The van der Waals surface area contributed by atoms with Crippen molar-refractivity contribution in [3.8, 4) is 5.75 Å². The van der Waals surface area contributed by atoms with Crippen LogP contribution in [0.2, 0.25) is 10.0 Å². The van der Waals surface area contributed by atoms with Crippen LogP contribution in [0.5, 0.6) is 5.75 Å². The summed E-state index contributed by atoms with van der Waals surface area (Å²) in [5, 5.41) is 11.1. The molecular weight excluding hydrogens is 459 g/mol. The van der Waals surface area contributed by atoms with E-state index in [9.17, 15) is 23.3 Å². The van der Waals surface area contributed by atoms with Gasteiger partial charge in [0.2, 0.25) is 10.0 Å². The number of hydrogen-bond donors (Lipinski definition) is 1. The lowest BCUT2D eigenvalue weighted by Crippen LogP contribution is -2.31. The van der Waals surface area contributed by atoms with Crippen LogP contribution in [0.15, 0.2) is 41.3 Å². The van der Waals surface area contributed by atoms with Crippen molar-refractivity contribution in [3.05, 3.63) is 62.1 Å². The molecule has 1 atom stereocenters. The molecule has 0 heterocycles. The molecule has 0 radical (unpaired) electrons. The molecule has 2 aromatic rings. The minimum absolute atomic E-state index is 0.0911. The van der Waals surface area contributed by atoms with E-state index in [1.165, 1.54) is 43.5 Å². The number of methoxy groups -OCH3 is 1. The fourth-order valence-electron chi connectivity index (χ4n) is 2.64. The summed E-state index contributed by atoms with van der Waals surface area (Å²) in [6.07, 6.45) is -0.391. The van der Waals surface area contributed by atoms with Gasteiger partial charge in [-0.2, -0.15) is 0 Å². The fraction of sp³-hybridized carbons (Fsp3) is 0.278. The van der Waals surface area contributed by atoms with Crippen LogP contribution in [0, 0.1) is 10.1 Å². The maximum absolute atomic E-state index is 13.0. The van der Waals surface area contributed by atoms with Gasteiger partial charge in [-0.25, -0.2) is 13.1 Å². The first-order valence-electron chi connectivity index (χ1n) is 8.55. The first-order valence-corrected chi connectivity index (χ1v) is 10.8. The molecule has 0 bridgehead atoms. The highest BCUT2D eigenvalue weighted by Gasteiger charge is 2.29. The van der Waals surface area contributed by atoms with E-state index in [-0.39, 0.29) is 38.5 Å². The van der Waals surface area contributed by atoms with E-state index in [4.69, 9.17) is 32.7 Å². The van der Waals surface area contributed by atoms with Crippen molar-refractivity contribution in [3.63, 3.8) is 0 Å². The van der Waals surface area contributed by atoms with Crippen LogP contribution in [0.3, 0.4) is 0 Å². The summed E-state index contributed by atoms with van der Waals surface area (Å²) in [7, 11) is -3.05. The minimum atomic E-state index is -4.28. The molecule has 0 saturated heterocycles. The molecule has 2 rings (SSSR count). The van der Waals surface area contributed by atoms with Crippen LogP contribution in [0.1, 0.15) is 24.9 Å². The third-order valence-electron chi connectivity index (χ3n) is 3.96. The Labute approximate surface area is 183 Å². The maximum Gasteiger partial charge on any atom is 0.307 e. The zero-order chi connectivity index (χ0) is 22.5. The minimum Gasteiger partial charge on any atom is -0.494 e. The van der Waals surface area contributed by atoms with Crippen molar-refractivity contribution in [2.45, 2.75) is 24.3 Å². The van der Waals surface area contributed by atoms with Crippen molar-refractivity contribution in [1.82, 2.24) is 4.72 Å². The van der Waals surface area contributed by atoms with Gasteiger partial charge in [0.1, 0.15) is 9.92 Å². The Balaban J connectivity index is 2.50. The summed E-state index contributed by atoms with van der Waals surface area (Å²) in [5.41, 5.74) is -0.0486. The summed E-state index contributed by atoms with van der Waals surface area (Å²) >= 11 is 12.0. The largest absolute Gasteiger partial charge is 0.494 e. The second-order valence-electron chi connectivity index (χ2n) is 5.93. The molecule has 0 aliphatic heterocycles. The van der Waals surface area contributed by atoms with Gasteiger partial charge in [0.15, 0.2) is 5.75 Å². The highest BCUT2D eigenvalue weighted by atomic mass is 35.5. The number of carbonyl (C=O) groups excluding carboxylic acids is 1. The van der Waals surface area contributed by atoms with Crippen LogP contribution in [-0.4, -0.2) is 33.0 Å². The number of non-ortho nitro benzene ring substituents is 1. The lowest BCUT2D eigenvalue weighted by Gasteiger charge is -2.20. The molecule has 0 saturated carbocycles. The predicted octanol–water partition coefficient (Wildman–Crippen LogP) is 3.88. The van der Waals surface area contributed by atoms with E-state index in [2.05, 4.69) is 4.72 Å². The summed E-state index contributed by atoms with van der Waals surface area (Å²) in [6, 6.07) is 6.62. The van der Waals surface area contributed by atoms with Gasteiger partial charge < -0.3 is 9.47 Å². The van der Waals surface area contributed by atoms with Gasteiger partial charge in [0.25, 0.3) is 5.69 Å². The molecule has 0 aromatic heterocycles. The standard InChI is InChI=1S/C18H18Cl2N2O7S/c1-3-29-16(23)10-14(11-5-4-6-12(9-11)22(24)25)21-30(26,27)15-8-7-13(19)17(20)18(15)28-2/h4-9,14,21H,3,10H2,1-2H3/t14-/m0/s1. The molecule has 0 amide bonds. The van der Waals surface area contributed by atoms with Crippen LogP contribution < -0.4 is 9.46 Å². The number of ether oxygens (including phenoxy) is 2. The Morgan fingerprint density at radius 3 is 2.57 bits per heavy atom. The van der Waals surface area contributed by atoms with Crippen LogP contribution >= 0.6 is 23.2 Å². The Morgan fingerprint density at radius 1 is 1.27 bits per heavy atom. The summed E-state index contributed by atoms with van der Waals surface area (Å²) in [6.45, 7) is 1.69. The zero-order valence-corrected chi connectivity index (χ0v) is 18.3. The summed E-state index contributed by atoms with van der Waals surface area (Å²) < 4.78 is 38.4. The van der Waals surface area contributed by atoms with Gasteiger partial charge in [-0.3, -0.25) is 14.9 Å². The van der Waals surface area contributed by atoms with E-state index < -0.39 is 33.4 Å². The molecule has 12 heteroatoms. The number of rotatable bonds is 9. The topological polar surface area (TPSA) is 125 Å². The number of nitrogens with one attached hydrogen (secondary N) is 1. The average molecular weight is 477 g/mol. The van der Waals surface area contributed by atoms with Crippen molar-refractivity contribution < 1.29 is 27.6 Å². The quantitative estimate of drug-likeness (QED) is 0.330. The number of benzene rings is 2. The number of halogens is 2. The van der Waals surface area contributed by atoms with Gasteiger partial charge >= 0.3 is 5.97 Å². The van der Waals surface area contributed by atoms with Gasteiger partial charge in [-0.1, -0.05) is 35.3 Å². The normalized spacial score (nSPS) is 12.3. The molecule has 0 spiro atoms. The molecule has 30 heavy (non-hydrogen) atoms. The number of carbonyl (C=O) groups is 1. The fourth-order valence-corrected chi connectivity index (χ4v) is 4.48. The predicted molar refractivity (Wildman–Crippen MR) is 110 cm³/mol. The third kappa shape index (κ3) is 5.60. The molecule has 1 N–H and O–H groups in total. The van der Waals surface area contributed by atoms with E-state index in [1.807, 2.05) is 0 Å². The number of esters is 1. The van der Waals surface area contributed by atoms with Gasteiger partial charge in [-0.05, 0) is 24.6 Å². The van der Waals surface area contributed by atoms with E-state index >= 15 is 0 Å². The molecule has 0 fully saturated rings. The molecular formula is C18H18Cl2N2O7S. The molecule has 162 valence electrons. The molecule has 2 aromatic carbocycles. The van der Waals surface area contributed by atoms with Crippen molar-refractivity contribution in [2.24, 2.45) is 0 Å². The lowest BCUT2D eigenvalue weighted by atomic mass is 10.0. The number of hydrogen-bond acceptors (Lipinski definition) is 7. The lowest BCUT2D eigenvalue weighted by molar-refractivity contribution is -0.384. The van der Waals surface area contributed by atoms with E-state index in [0.29, 0.717) is 0 Å². The molecule has 0 unspecified atom stereocenters. The Morgan fingerprint density at radius 2 is 1.97 bits per heavy atom. The smallest absolute Gasteiger partial charge is 0.307 e. The molecule has 0 aliphatic rings. The van der Waals surface area contributed by atoms with E-state index in [1.54, 1.807) is 6.92 Å². The SMILES string of the molecule is CCOC(=O)C[C@H](NS(=O)(=O)c1ccc(Cl)c(Cl)c1OC)c1cccc([N+](=O)[O-])c1. The van der Waals surface area contributed by atoms with Gasteiger partial charge in [0.05, 0.1) is 36.1 Å². The summed E-state index contributed by atoms with van der Waals surface area (Å²) in [4.78, 5) is 22.2. The number of nitro groups is 1. The molecule has 0 aliphatic carbocycles. The van der Waals surface area contributed by atoms with Crippen molar-refractivity contribution in [1.29, 1.82) is 0 Å². The van der Waals surface area contributed by atoms with Crippen LogP contribution in [0.25, 0.3) is 0 Å². The zero-order valence-electron chi connectivity index (χ0n) is 15.9. The van der Waals surface area contributed by atoms with Gasteiger partial charge in [-0.15, -0.1) is 0 Å².